The molecule has 0 bridgehead atoms. The SMILES string of the molecule is CN1CCN(C)C(CN2CNCC2=O)C1. The van der Waals surface area contributed by atoms with Crippen LogP contribution in [-0.4, -0.2) is 80.1 Å². The van der Waals surface area contributed by atoms with Gasteiger partial charge in [0.25, 0.3) is 0 Å². The molecule has 1 unspecified atom stereocenters. The first-order valence-corrected chi connectivity index (χ1v) is 5.54. The molecule has 15 heavy (non-hydrogen) atoms. The Morgan fingerprint density at radius 2 is 2.20 bits per heavy atom. The molecule has 1 atom stereocenters. The molecule has 1 amide bonds. The average Bonchev–Trinajstić information content (AvgIpc) is 2.58. The van der Waals surface area contributed by atoms with Crippen LogP contribution in [0.2, 0.25) is 0 Å². The third-order valence-corrected chi connectivity index (χ3v) is 3.34. The smallest absolute Gasteiger partial charge is 0.237 e. The van der Waals surface area contributed by atoms with E-state index in [0.717, 1.165) is 26.2 Å². The van der Waals surface area contributed by atoms with Gasteiger partial charge in [-0.25, -0.2) is 0 Å². The van der Waals surface area contributed by atoms with Gasteiger partial charge in [-0.05, 0) is 14.1 Å². The number of hydrogen-bond donors (Lipinski definition) is 1. The lowest BCUT2D eigenvalue weighted by molar-refractivity contribution is -0.127. The molecule has 0 radical (unpaired) electrons. The lowest BCUT2D eigenvalue weighted by Crippen LogP contribution is -2.54. The zero-order chi connectivity index (χ0) is 10.8. The van der Waals surface area contributed by atoms with Crippen LogP contribution >= 0.6 is 0 Å². The van der Waals surface area contributed by atoms with Crippen molar-refractivity contribution in [2.75, 3.05) is 53.5 Å². The Hall–Kier alpha value is -0.650. The van der Waals surface area contributed by atoms with Gasteiger partial charge in [-0.2, -0.15) is 0 Å². The van der Waals surface area contributed by atoms with Crippen LogP contribution in [0, 0.1) is 0 Å². The van der Waals surface area contributed by atoms with Crippen LogP contribution in [0.15, 0.2) is 0 Å². The van der Waals surface area contributed by atoms with Crippen molar-refractivity contribution in [3.8, 4) is 0 Å². The second-order valence-corrected chi connectivity index (χ2v) is 4.60. The molecule has 2 aliphatic heterocycles. The average molecular weight is 212 g/mol. The van der Waals surface area contributed by atoms with E-state index < -0.39 is 0 Å². The van der Waals surface area contributed by atoms with Crippen molar-refractivity contribution in [3.05, 3.63) is 0 Å². The molecule has 1 N–H and O–H groups in total. The zero-order valence-electron chi connectivity index (χ0n) is 9.57. The predicted molar refractivity (Wildman–Crippen MR) is 58.5 cm³/mol. The van der Waals surface area contributed by atoms with Crippen LogP contribution in [0.5, 0.6) is 0 Å². The summed E-state index contributed by atoms with van der Waals surface area (Å²) in [6.45, 7) is 5.35. The van der Waals surface area contributed by atoms with Gasteiger partial charge in [-0.15, -0.1) is 0 Å². The van der Waals surface area contributed by atoms with E-state index in [1.807, 2.05) is 4.90 Å². The summed E-state index contributed by atoms with van der Waals surface area (Å²) in [6.07, 6.45) is 0. The fourth-order valence-corrected chi connectivity index (χ4v) is 2.22. The van der Waals surface area contributed by atoms with E-state index in [2.05, 4.69) is 29.2 Å². The normalized spacial score (nSPS) is 30.1. The molecule has 0 aromatic rings. The first kappa shape index (κ1) is 10.9. The van der Waals surface area contributed by atoms with Gasteiger partial charge in [0.1, 0.15) is 0 Å². The molecule has 5 heteroatoms. The Morgan fingerprint density at radius 3 is 2.87 bits per heavy atom. The second-order valence-electron chi connectivity index (χ2n) is 4.60. The van der Waals surface area contributed by atoms with Gasteiger partial charge >= 0.3 is 0 Å². The Bertz CT molecular complexity index is 246. The molecule has 0 aromatic carbocycles. The predicted octanol–water partition coefficient (Wildman–Crippen LogP) is -1.38. The number of amides is 1. The Labute approximate surface area is 91.0 Å². The van der Waals surface area contributed by atoms with Crippen LogP contribution in [-0.2, 0) is 4.79 Å². The van der Waals surface area contributed by atoms with Crippen LogP contribution in [0.4, 0.5) is 0 Å². The summed E-state index contributed by atoms with van der Waals surface area (Å²) in [5, 5.41) is 3.08. The van der Waals surface area contributed by atoms with Gasteiger partial charge in [0.2, 0.25) is 5.91 Å². The standard InChI is InChI=1S/C10H20N4O/c1-12-3-4-13(2)9(6-12)7-14-8-11-5-10(14)15/h9,11H,3-8H2,1-2H3. The summed E-state index contributed by atoms with van der Waals surface area (Å²) in [5.41, 5.74) is 0. The lowest BCUT2D eigenvalue weighted by Gasteiger charge is -2.39. The van der Waals surface area contributed by atoms with Gasteiger partial charge in [-0.3, -0.25) is 15.0 Å². The quantitative estimate of drug-likeness (QED) is 0.612. The summed E-state index contributed by atoms with van der Waals surface area (Å²) < 4.78 is 0. The van der Waals surface area contributed by atoms with Gasteiger partial charge in [0, 0.05) is 32.2 Å². The monoisotopic (exact) mass is 212 g/mol. The number of nitrogens with zero attached hydrogens (tertiary/aromatic N) is 3. The van der Waals surface area contributed by atoms with E-state index in [1.165, 1.54) is 0 Å². The number of carbonyl (C=O) groups is 1. The number of rotatable bonds is 2. The molecule has 2 saturated heterocycles. The maximum absolute atomic E-state index is 11.5. The van der Waals surface area contributed by atoms with Gasteiger partial charge < -0.3 is 9.80 Å². The maximum Gasteiger partial charge on any atom is 0.237 e. The fraction of sp³-hybridized carbons (Fsp3) is 0.900. The van der Waals surface area contributed by atoms with Crippen LogP contribution in [0.25, 0.3) is 0 Å². The molecule has 5 nitrogen and oxygen atoms in total. The maximum atomic E-state index is 11.5. The lowest BCUT2D eigenvalue weighted by atomic mass is 10.2. The van der Waals surface area contributed by atoms with E-state index in [1.54, 1.807) is 0 Å². The molecule has 0 aliphatic carbocycles. The Morgan fingerprint density at radius 1 is 1.40 bits per heavy atom. The summed E-state index contributed by atoms with van der Waals surface area (Å²) in [6, 6.07) is 0.479. The Balaban J connectivity index is 1.89. The fourth-order valence-electron chi connectivity index (χ4n) is 2.22. The number of carbonyl (C=O) groups excluding carboxylic acids is 1. The van der Waals surface area contributed by atoms with E-state index in [4.69, 9.17) is 0 Å². The highest BCUT2D eigenvalue weighted by Gasteiger charge is 2.28. The minimum atomic E-state index is 0.233. The van der Waals surface area contributed by atoms with Crippen LogP contribution in [0.3, 0.4) is 0 Å². The molecule has 2 rings (SSSR count). The topological polar surface area (TPSA) is 38.8 Å². The minimum Gasteiger partial charge on any atom is -0.327 e. The van der Waals surface area contributed by atoms with E-state index >= 15 is 0 Å². The summed E-state index contributed by atoms with van der Waals surface area (Å²) >= 11 is 0. The third kappa shape index (κ3) is 2.48. The Kier molecular flexibility index (Phi) is 3.23. The van der Waals surface area contributed by atoms with Gasteiger partial charge in [0.15, 0.2) is 0 Å². The van der Waals surface area contributed by atoms with Crippen molar-refractivity contribution in [2.45, 2.75) is 6.04 Å². The third-order valence-electron chi connectivity index (χ3n) is 3.34. The summed E-state index contributed by atoms with van der Waals surface area (Å²) in [5.74, 6) is 0.233. The van der Waals surface area contributed by atoms with Crippen LogP contribution < -0.4 is 5.32 Å². The number of nitrogens with one attached hydrogen (secondary N) is 1. The molecular formula is C10H20N4O. The van der Waals surface area contributed by atoms with Crippen molar-refractivity contribution in [3.63, 3.8) is 0 Å². The highest BCUT2D eigenvalue weighted by Crippen LogP contribution is 2.08. The summed E-state index contributed by atoms with van der Waals surface area (Å²) in [4.78, 5) is 18.1. The largest absolute Gasteiger partial charge is 0.327 e. The van der Waals surface area contributed by atoms with Crippen molar-refractivity contribution < 1.29 is 4.79 Å². The van der Waals surface area contributed by atoms with Crippen molar-refractivity contribution in [1.29, 1.82) is 0 Å². The highest BCUT2D eigenvalue weighted by molar-refractivity contribution is 5.80. The minimum absolute atomic E-state index is 0.233. The molecule has 86 valence electrons. The molecule has 2 heterocycles. The molecule has 2 fully saturated rings. The van der Waals surface area contributed by atoms with Crippen LogP contribution in [0.1, 0.15) is 0 Å². The van der Waals surface area contributed by atoms with E-state index in [0.29, 0.717) is 19.3 Å². The second kappa shape index (κ2) is 4.47. The van der Waals surface area contributed by atoms with Crippen molar-refractivity contribution in [2.24, 2.45) is 0 Å². The summed E-state index contributed by atoms with van der Waals surface area (Å²) in [7, 11) is 4.29. The number of hydrogen-bond acceptors (Lipinski definition) is 4. The van der Waals surface area contributed by atoms with Crippen molar-refractivity contribution in [1.82, 2.24) is 20.0 Å². The highest BCUT2D eigenvalue weighted by atomic mass is 16.2. The van der Waals surface area contributed by atoms with E-state index in [-0.39, 0.29) is 5.91 Å². The molecule has 2 aliphatic rings. The first-order chi connectivity index (χ1) is 7.16. The molecule has 0 spiro atoms. The molecule has 0 aromatic heterocycles. The van der Waals surface area contributed by atoms with Crippen molar-refractivity contribution >= 4 is 5.91 Å². The van der Waals surface area contributed by atoms with Gasteiger partial charge in [-0.1, -0.05) is 0 Å². The number of piperazine rings is 1. The number of likely N-dealkylation sites (N-methyl/N-ethyl adjacent to an activating group) is 2. The van der Waals surface area contributed by atoms with Gasteiger partial charge in [0.05, 0.1) is 13.2 Å². The molecular weight excluding hydrogens is 192 g/mol. The molecule has 0 saturated carbocycles. The zero-order valence-corrected chi connectivity index (χ0v) is 9.57. The van der Waals surface area contributed by atoms with E-state index in [9.17, 15) is 4.79 Å². The first-order valence-electron chi connectivity index (χ1n) is 5.54.